The van der Waals surface area contributed by atoms with Crippen LogP contribution >= 0.6 is 11.8 Å². The van der Waals surface area contributed by atoms with Gasteiger partial charge in [0.05, 0.1) is 12.3 Å². The van der Waals surface area contributed by atoms with Crippen LogP contribution in [0.3, 0.4) is 0 Å². The van der Waals surface area contributed by atoms with Gasteiger partial charge in [-0.2, -0.15) is 0 Å². The van der Waals surface area contributed by atoms with Gasteiger partial charge < -0.3 is 5.32 Å². The van der Waals surface area contributed by atoms with Gasteiger partial charge >= 0.3 is 0 Å². The van der Waals surface area contributed by atoms with Gasteiger partial charge in [0.15, 0.2) is 5.16 Å². The van der Waals surface area contributed by atoms with E-state index < -0.39 is 0 Å². The average molecular weight is 367 g/mol. The Balaban J connectivity index is 0.000000251. The zero-order valence-electron chi connectivity index (χ0n) is 15.7. The lowest BCUT2D eigenvalue weighted by Crippen LogP contribution is -2.48. The Morgan fingerprint density at radius 1 is 1.24 bits per heavy atom. The van der Waals surface area contributed by atoms with Gasteiger partial charge in [0.1, 0.15) is 5.78 Å². The fourth-order valence-electron chi connectivity index (χ4n) is 2.64. The molecule has 6 nitrogen and oxygen atoms in total. The van der Waals surface area contributed by atoms with Gasteiger partial charge in [-0.1, -0.05) is 25.1 Å². The van der Waals surface area contributed by atoms with Gasteiger partial charge in [-0.25, -0.2) is 9.97 Å². The van der Waals surface area contributed by atoms with E-state index in [2.05, 4.69) is 34.0 Å². The Morgan fingerprint density at radius 3 is 2.36 bits per heavy atom. The van der Waals surface area contributed by atoms with Crippen LogP contribution in [0.15, 0.2) is 23.6 Å². The number of nitrogens with zero attached hydrogens (tertiary/aromatic N) is 3. The van der Waals surface area contributed by atoms with Crippen LogP contribution in [0.5, 0.6) is 0 Å². The minimum Gasteiger partial charge on any atom is -0.358 e. The van der Waals surface area contributed by atoms with E-state index in [0.717, 1.165) is 0 Å². The van der Waals surface area contributed by atoms with Crippen LogP contribution in [0.4, 0.5) is 0 Å². The number of carbonyl (C=O) groups is 2. The Hall–Kier alpha value is -1.47. The topological polar surface area (TPSA) is 75.2 Å². The molecule has 140 valence electrons. The number of rotatable bonds is 6. The van der Waals surface area contributed by atoms with Crippen LogP contribution in [0, 0.1) is 0 Å². The molecule has 1 N–H and O–H groups in total. The summed E-state index contributed by atoms with van der Waals surface area (Å²) < 4.78 is 0. The van der Waals surface area contributed by atoms with Crippen molar-refractivity contribution in [2.24, 2.45) is 0 Å². The van der Waals surface area contributed by atoms with Crippen molar-refractivity contribution in [2.45, 2.75) is 63.7 Å². The number of hydrogen-bond donors (Lipinski definition) is 1. The number of thioether (sulfide) groups is 1. The number of likely N-dealkylation sites (tertiary alicyclic amines) is 1. The summed E-state index contributed by atoms with van der Waals surface area (Å²) in [5.41, 5.74) is 0. The molecule has 0 bridgehead atoms. The van der Waals surface area contributed by atoms with Gasteiger partial charge in [-0.3, -0.25) is 14.5 Å². The molecule has 0 radical (unpaired) electrons. The summed E-state index contributed by atoms with van der Waals surface area (Å²) in [6, 6.07) is 2.87. The first-order valence-electron chi connectivity index (χ1n) is 8.85. The van der Waals surface area contributed by atoms with Gasteiger partial charge in [0.2, 0.25) is 5.91 Å². The molecule has 2 heterocycles. The first kappa shape index (κ1) is 21.6. The van der Waals surface area contributed by atoms with E-state index in [-0.39, 0.29) is 11.7 Å². The standard InChI is InChI=1S/C10H20N2O.C8H10N2OS/c1-8-5-4-6-9(2)12(8)7-10(13)11-3;1-2-7(11)6-12-8-9-4-3-5-10-8/h8-9H,4-7H2,1-3H3,(H,11,13);3-5H,2,6H2,1H3. The molecule has 7 heteroatoms. The highest BCUT2D eigenvalue weighted by molar-refractivity contribution is 7.99. The predicted octanol–water partition coefficient (Wildman–Crippen LogP) is 2.54. The lowest BCUT2D eigenvalue weighted by Gasteiger charge is -2.38. The van der Waals surface area contributed by atoms with Crippen molar-refractivity contribution >= 4 is 23.5 Å². The van der Waals surface area contributed by atoms with Crippen molar-refractivity contribution in [1.82, 2.24) is 20.2 Å². The molecule has 2 atom stereocenters. The molecular formula is C18H30N4O2S. The second kappa shape index (κ2) is 12.0. The van der Waals surface area contributed by atoms with Crippen molar-refractivity contribution in [3.8, 4) is 0 Å². The number of hydrogen-bond acceptors (Lipinski definition) is 6. The lowest BCUT2D eigenvalue weighted by molar-refractivity contribution is -0.123. The third-order valence-electron chi connectivity index (χ3n) is 4.28. The summed E-state index contributed by atoms with van der Waals surface area (Å²) in [6.45, 7) is 6.82. The molecular weight excluding hydrogens is 336 g/mol. The number of Topliss-reactive ketones (excluding diaryl/α,β-unsaturated/α-hetero) is 1. The van der Waals surface area contributed by atoms with Crippen LogP contribution in [-0.2, 0) is 9.59 Å². The molecule has 1 aliphatic heterocycles. The van der Waals surface area contributed by atoms with Crippen molar-refractivity contribution in [1.29, 1.82) is 0 Å². The van der Waals surface area contributed by atoms with Crippen LogP contribution in [0.1, 0.15) is 46.5 Å². The zero-order chi connectivity index (χ0) is 18.7. The molecule has 0 saturated carbocycles. The van der Waals surface area contributed by atoms with E-state index >= 15 is 0 Å². The maximum atomic E-state index is 11.2. The molecule has 1 amide bonds. The van der Waals surface area contributed by atoms with Crippen LogP contribution in [0.25, 0.3) is 0 Å². The maximum absolute atomic E-state index is 11.2. The van der Waals surface area contributed by atoms with E-state index in [1.54, 1.807) is 25.5 Å². The Morgan fingerprint density at radius 2 is 1.84 bits per heavy atom. The van der Waals surface area contributed by atoms with E-state index in [1.165, 1.54) is 31.0 Å². The molecule has 1 fully saturated rings. The smallest absolute Gasteiger partial charge is 0.233 e. The van der Waals surface area contributed by atoms with Crippen molar-refractivity contribution in [3.05, 3.63) is 18.5 Å². The summed E-state index contributed by atoms with van der Waals surface area (Å²) in [4.78, 5) is 32.4. The lowest BCUT2D eigenvalue weighted by atomic mass is 9.97. The highest BCUT2D eigenvalue weighted by Crippen LogP contribution is 2.21. The normalized spacial score (nSPS) is 20.3. The highest BCUT2D eigenvalue weighted by Gasteiger charge is 2.25. The third kappa shape index (κ3) is 8.45. The highest BCUT2D eigenvalue weighted by atomic mass is 32.2. The fraction of sp³-hybridized carbons (Fsp3) is 0.667. The fourth-order valence-corrected chi connectivity index (χ4v) is 3.40. The molecule has 2 rings (SSSR count). The molecule has 2 unspecified atom stereocenters. The number of carbonyl (C=O) groups excluding carboxylic acids is 2. The first-order chi connectivity index (χ1) is 12.0. The summed E-state index contributed by atoms with van der Waals surface area (Å²) in [5.74, 6) is 0.827. The van der Waals surface area contributed by atoms with E-state index in [4.69, 9.17) is 0 Å². The summed E-state index contributed by atoms with van der Waals surface area (Å²) in [7, 11) is 1.70. The molecule has 0 aromatic carbocycles. The van der Waals surface area contributed by atoms with Crippen LogP contribution < -0.4 is 5.32 Å². The average Bonchev–Trinajstić information content (AvgIpc) is 2.64. The monoisotopic (exact) mass is 366 g/mol. The molecule has 1 aromatic heterocycles. The van der Waals surface area contributed by atoms with Gasteiger partial charge in [-0.15, -0.1) is 0 Å². The van der Waals surface area contributed by atoms with Crippen LogP contribution in [-0.4, -0.2) is 58.0 Å². The summed E-state index contributed by atoms with van der Waals surface area (Å²) in [6.07, 6.45) is 7.67. The van der Waals surface area contributed by atoms with Gasteiger partial charge in [-0.05, 0) is 32.8 Å². The molecule has 1 aliphatic rings. The second-order valence-electron chi connectivity index (χ2n) is 6.19. The second-order valence-corrected chi connectivity index (χ2v) is 7.13. The van der Waals surface area contributed by atoms with E-state index in [1.807, 2.05) is 6.92 Å². The van der Waals surface area contributed by atoms with E-state index in [9.17, 15) is 9.59 Å². The largest absolute Gasteiger partial charge is 0.358 e. The Kier molecular flexibility index (Phi) is 10.3. The van der Waals surface area contributed by atoms with Crippen molar-refractivity contribution in [3.63, 3.8) is 0 Å². The molecule has 1 aromatic rings. The Bertz CT molecular complexity index is 517. The number of ketones is 1. The molecule has 0 spiro atoms. The number of aromatic nitrogens is 2. The third-order valence-corrected chi connectivity index (χ3v) is 5.22. The van der Waals surface area contributed by atoms with Crippen molar-refractivity contribution in [2.75, 3.05) is 19.3 Å². The number of likely N-dealkylation sites (N-methyl/N-ethyl adjacent to an activating group) is 1. The molecule has 1 saturated heterocycles. The number of piperidine rings is 1. The molecule has 0 aliphatic carbocycles. The predicted molar refractivity (Wildman–Crippen MR) is 102 cm³/mol. The molecule has 25 heavy (non-hydrogen) atoms. The van der Waals surface area contributed by atoms with Crippen LogP contribution in [0.2, 0.25) is 0 Å². The maximum Gasteiger partial charge on any atom is 0.233 e. The quantitative estimate of drug-likeness (QED) is 0.616. The summed E-state index contributed by atoms with van der Waals surface area (Å²) >= 11 is 1.38. The number of amides is 1. The first-order valence-corrected chi connectivity index (χ1v) is 9.84. The number of nitrogens with one attached hydrogen (secondary N) is 1. The van der Waals surface area contributed by atoms with E-state index in [0.29, 0.717) is 36.0 Å². The SMILES string of the molecule is CCC(=O)CSc1ncccn1.CNC(=O)CN1C(C)CCCC1C. The Labute approximate surface area is 155 Å². The van der Waals surface area contributed by atoms with Crippen molar-refractivity contribution < 1.29 is 9.59 Å². The minimum absolute atomic E-state index is 0.126. The van der Waals surface area contributed by atoms with Gasteiger partial charge in [0.25, 0.3) is 0 Å². The summed E-state index contributed by atoms with van der Waals surface area (Å²) in [5, 5.41) is 3.34. The zero-order valence-corrected chi connectivity index (χ0v) is 16.5. The minimum atomic E-state index is 0.126. The van der Waals surface area contributed by atoms with Gasteiger partial charge in [0, 0.05) is 37.9 Å².